The fourth-order valence-electron chi connectivity index (χ4n) is 3.26. The van der Waals surface area contributed by atoms with E-state index in [1.54, 1.807) is 24.9 Å². The van der Waals surface area contributed by atoms with E-state index in [1.807, 2.05) is 61.0 Å². The number of aryl methyl sites for hydroxylation is 1. The molecule has 0 fully saturated rings. The maximum absolute atomic E-state index is 5.97. The van der Waals surface area contributed by atoms with Gasteiger partial charge in [-0.05, 0) is 48.9 Å². The van der Waals surface area contributed by atoms with E-state index in [1.165, 1.54) is 0 Å². The summed E-state index contributed by atoms with van der Waals surface area (Å²) in [7, 11) is 1.89. The van der Waals surface area contributed by atoms with Crippen LogP contribution in [0.2, 0.25) is 0 Å². The monoisotopic (exact) mass is 397 g/mol. The van der Waals surface area contributed by atoms with Crippen molar-refractivity contribution in [3.05, 3.63) is 73.1 Å². The van der Waals surface area contributed by atoms with E-state index in [0.29, 0.717) is 5.88 Å². The number of nitrogens with one attached hydrogen (secondary N) is 2. The van der Waals surface area contributed by atoms with E-state index in [0.717, 1.165) is 45.1 Å². The second-order valence-corrected chi connectivity index (χ2v) is 6.83. The maximum atomic E-state index is 5.97. The lowest BCUT2D eigenvalue weighted by atomic mass is 10.1. The maximum Gasteiger partial charge on any atom is 0.224 e. The van der Waals surface area contributed by atoms with Crippen LogP contribution >= 0.6 is 0 Å². The summed E-state index contributed by atoms with van der Waals surface area (Å²) in [4.78, 5) is 17.3. The molecule has 0 saturated heterocycles. The molecule has 3 heterocycles. The molecule has 0 saturated carbocycles. The van der Waals surface area contributed by atoms with Gasteiger partial charge in [-0.25, -0.2) is 19.9 Å². The predicted octanol–water partition coefficient (Wildman–Crippen LogP) is 4.56. The van der Waals surface area contributed by atoms with Crippen LogP contribution in [0, 0.1) is 6.92 Å². The van der Waals surface area contributed by atoms with Gasteiger partial charge in [-0.1, -0.05) is 0 Å². The van der Waals surface area contributed by atoms with E-state index < -0.39 is 0 Å². The number of nitrogens with zero attached hydrogens (tertiary/aromatic N) is 5. The van der Waals surface area contributed by atoms with Crippen LogP contribution in [0.5, 0.6) is 11.6 Å². The van der Waals surface area contributed by atoms with Crippen LogP contribution in [0.1, 0.15) is 5.56 Å². The molecule has 0 spiro atoms. The van der Waals surface area contributed by atoms with Gasteiger partial charge < -0.3 is 15.4 Å². The highest BCUT2D eigenvalue weighted by Crippen LogP contribution is 2.30. The largest absolute Gasteiger partial charge is 0.439 e. The van der Waals surface area contributed by atoms with Gasteiger partial charge in [0.2, 0.25) is 5.88 Å². The standard InChI is InChI=1S/C22H19N7O/c1-14-9-16(28-22-17-10-15(23-2)3-5-18(17)25-12-26-22)4-6-19(14)30-21-11-20-24-7-8-29(20)13-27-21/h3-13,23H,1-2H3,(H,25,26,28). The number of hydrogen-bond acceptors (Lipinski definition) is 7. The van der Waals surface area contributed by atoms with Gasteiger partial charge in [0.15, 0.2) is 0 Å². The molecule has 0 bridgehead atoms. The molecule has 2 aromatic carbocycles. The van der Waals surface area contributed by atoms with E-state index >= 15 is 0 Å². The van der Waals surface area contributed by atoms with E-state index in [9.17, 15) is 0 Å². The molecule has 0 atom stereocenters. The van der Waals surface area contributed by atoms with E-state index in [-0.39, 0.29) is 0 Å². The minimum atomic E-state index is 0.499. The van der Waals surface area contributed by atoms with Gasteiger partial charge in [0, 0.05) is 42.3 Å². The minimum absolute atomic E-state index is 0.499. The summed E-state index contributed by atoms with van der Waals surface area (Å²) in [6, 6.07) is 13.7. The summed E-state index contributed by atoms with van der Waals surface area (Å²) in [5, 5.41) is 7.48. The Bertz CT molecular complexity index is 1360. The minimum Gasteiger partial charge on any atom is -0.439 e. The highest BCUT2D eigenvalue weighted by atomic mass is 16.5. The van der Waals surface area contributed by atoms with Crippen LogP contribution < -0.4 is 15.4 Å². The summed E-state index contributed by atoms with van der Waals surface area (Å²) in [6.45, 7) is 1.99. The van der Waals surface area contributed by atoms with Crippen LogP contribution in [-0.4, -0.2) is 31.4 Å². The van der Waals surface area contributed by atoms with Crippen molar-refractivity contribution >= 4 is 33.7 Å². The third kappa shape index (κ3) is 3.35. The molecule has 0 aliphatic carbocycles. The van der Waals surface area contributed by atoms with Crippen LogP contribution in [0.25, 0.3) is 16.6 Å². The zero-order valence-corrected chi connectivity index (χ0v) is 16.5. The first kappa shape index (κ1) is 17.9. The summed E-state index contributed by atoms with van der Waals surface area (Å²) in [6.07, 6.45) is 6.81. The second-order valence-electron chi connectivity index (χ2n) is 6.83. The molecular formula is C22H19N7O. The molecule has 3 aromatic heterocycles. The fourth-order valence-corrected chi connectivity index (χ4v) is 3.26. The third-order valence-corrected chi connectivity index (χ3v) is 4.84. The quantitative estimate of drug-likeness (QED) is 0.449. The molecule has 148 valence electrons. The van der Waals surface area contributed by atoms with E-state index in [4.69, 9.17) is 4.74 Å². The first-order chi connectivity index (χ1) is 14.7. The Morgan fingerprint density at radius 2 is 1.83 bits per heavy atom. The average Bonchev–Trinajstić information content (AvgIpc) is 3.23. The van der Waals surface area contributed by atoms with Crippen molar-refractivity contribution in [2.45, 2.75) is 6.92 Å². The molecular weight excluding hydrogens is 378 g/mol. The molecule has 5 aromatic rings. The number of rotatable bonds is 5. The molecule has 8 heteroatoms. The van der Waals surface area contributed by atoms with Crippen LogP contribution in [0.15, 0.2) is 67.5 Å². The lowest BCUT2D eigenvalue weighted by molar-refractivity contribution is 0.458. The van der Waals surface area contributed by atoms with Gasteiger partial charge in [0.05, 0.1) is 5.52 Å². The second kappa shape index (κ2) is 7.32. The summed E-state index contributed by atoms with van der Waals surface area (Å²) in [5.41, 5.74) is 4.55. The van der Waals surface area contributed by atoms with Crippen molar-refractivity contribution in [2.24, 2.45) is 0 Å². The van der Waals surface area contributed by atoms with Gasteiger partial charge in [-0.2, -0.15) is 0 Å². The van der Waals surface area contributed by atoms with Gasteiger partial charge in [-0.3, -0.25) is 4.40 Å². The number of aromatic nitrogens is 5. The number of anilines is 3. The van der Waals surface area contributed by atoms with Crippen molar-refractivity contribution in [1.29, 1.82) is 0 Å². The Morgan fingerprint density at radius 1 is 0.933 bits per heavy atom. The number of fused-ring (bicyclic) bond motifs is 2. The lowest BCUT2D eigenvalue weighted by Gasteiger charge is -2.12. The summed E-state index contributed by atoms with van der Waals surface area (Å²) < 4.78 is 7.80. The molecule has 0 radical (unpaired) electrons. The summed E-state index contributed by atoms with van der Waals surface area (Å²) in [5.74, 6) is 1.98. The third-order valence-electron chi connectivity index (χ3n) is 4.84. The van der Waals surface area contributed by atoms with Crippen LogP contribution in [0.4, 0.5) is 17.2 Å². The number of ether oxygens (including phenoxy) is 1. The van der Waals surface area contributed by atoms with E-state index in [2.05, 4.69) is 30.6 Å². The molecule has 5 rings (SSSR count). The van der Waals surface area contributed by atoms with Gasteiger partial charge in [0.1, 0.15) is 29.9 Å². The SMILES string of the molecule is CNc1ccc2ncnc(Nc3ccc(Oc4cc5nccn5cn4)c(C)c3)c2c1. The zero-order chi connectivity index (χ0) is 20.5. The predicted molar refractivity (Wildman–Crippen MR) is 117 cm³/mol. The molecule has 0 amide bonds. The molecule has 30 heavy (non-hydrogen) atoms. The number of hydrogen-bond donors (Lipinski definition) is 2. The highest BCUT2D eigenvalue weighted by molar-refractivity contribution is 5.92. The Kier molecular flexibility index (Phi) is 4.36. The Morgan fingerprint density at radius 3 is 2.70 bits per heavy atom. The van der Waals surface area contributed by atoms with Crippen molar-refractivity contribution in [1.82, 2.24) is 24.3 Å². The highest BCUT2D eigenvalue weighted by Gasteiger charge is 2.09. The van der Waals surface area contributed by atoms with Crippen LogP contribution in [-0.2, 0) is 0 Å². The molecule has 8 nitrogen and oxygen atoms in total. The van der Waals surface area contributed by atoms with Crippen molar-refractivity contribution in [2.75, 3.05) is 17.7 Å². The zero-order valence-electron chi connectivity index (χ0n) is 16.5. The fraction of sp³-hybridized carbons (Fsp3) is 0.0909. The van der Waals surface area contributed by atoms with Gasteiger partial charge >= 0.3 is 0 Å². The molecule has 0 aliphatic rings. The lowest BCUT2D eigenvalue weighted by Crippen LogP contribution is -1.98. The van der Waals surface area contributed by atoms with Gasteiger partial charge in [0.25, 0.3) is 0 Å². The molecule has 0 unspecified atom stereocenters. The normalized spacial score (nSPS) is 11.0. The Hall–Kier alpha value is -4.20. The number of benzene rings is 2. The first-order valence-electron chi connectivity index (χ1n) is 9.46. The Balaban J connectivity index is 1.41. The van der Waals surface area contributed by atoms with Crippen molar-refractivity contribution in [3.8, 4) is 11.6 Å². The molecule has 0 aliphatic heterocycles. The number of imidazole rings is 1. The van der Waals surface area contributed by atoms with Gasteiger partial charge in [-0.15, -0.1) is 0 Å². The average molecular weight is 397 g/mol. The first-order valence-corrected chi connectivity index (χ1v) is 9.46. The smallest absolute Gasteiger partial charge is 0.224 e. The Labute approximate surface area is 172 Å². The summed E-state index contributed by atoms with van der Waals surface area (Å²) >= 11 is 0. The van der Waals surface area contributed by atoms with Crippen LogP contribution in [0.3, 0.4) is 0 Å². The van der Waals surface area contributed by atoms with Crippen molar-refractivity contribution < 1.29 is 4.74 Å². The topological polar surface area (TPSA) is 89.3 Å². The molecule has 2 N–H and O–H groups in total. The van der Waals surface area contributed by atoms with Crippen molar-refractivity contribution in [3.63, 3.8) is 0 Å².